The molecule has 0 bridgehead atoms. The van der Waals surface area contributed by atoms with Crippen LogP contribution in [0.15, 0.2) is 24.4 Å². The van der Waals surface area contributed by atoms with Gasteiger partial charge in [-0.1, -0.05) is 11.6 Å². The molecule has 2 heterocycles. The minimum absolute atomic E-state index is 0.346. The number of benzene rings is 1. The van der Waals surface area contributed by atoms with Crippen molar-refractivity contribution in [1.29, 1.82) is 0 Å². The summed E-state index contributed by atoms with van der Waals surface area (Å²) in [5.74, 6) is 0.858. The number of rotatable bonds is 0. The van der Waals surface area contributed by atoms with Gasteiger partial charge in [0.25, 0.3) is 0 Å². The van der Waals surface area contributed by atoms with Gasteiger partial charge in [-0.3, -0.25) is 4.98 Å². The van der Waals surface area contributed by atoms with Gasteiger partial charge >= 0.3 is 0 Å². The summed E-state index contributed by atoms with van der Waals surface area (Å²) < 4.78 is 5.66. The lowest BCUT2D eigenvalue weighted by molar-refractivity contribution is 0.291. The van der Waals surface area contributed by atoms with Gasteiger partial charge in [0.2, 0.25) is 0 Å². The third-order valence-corrected chi connectivity index (χ3v) is 2.87. The van der Waals surface area contributed by atoms with E-state index in [-0.39, 0.29) is 0 Å². The Morgan fingerprint density at radius 2 is 2.31 bits per heavy atom. The number of anilines is 1. The van der Waals surface area contributed by atoms with Gasteiger partial charge in [0.1, 0.15) is 6.61 Å². The molecule has 82 valence electrons. The molecule has 0 spiro atoms. The number of aryl methyl sites for hydroxylation is 1. The zero-order chi connectivity index (χ0) is 11.1. The molecule has 3 nitrogen and oxygen atoms in total. The fourth-order valence-corrected chi connectivity index (χ4v) is 2.05. The molecule has 0 aliphatic carbocycles. The van der Waals surface area contributed by atoms with Crippen LogP contribution in [-0.2, 0) is 0 Å². The number of nitrogens with one attached hydrogen (secondary N) is 1. The molecule has 1 aliphatic rings. The molecule has 0 saturated heterocycles. The first-order valence-corrected chi connectivity index (χ1v) is 5.53. The van der Waals surface area contributed by atoms with Gasteiger partial charge in [0.15, 0.2) is 5.75 Å². The van der Waals surface area contributed by atoms with E-state index in [2.05, 4.69) is 36.3 Å². The van der Waals surface area contributed by atoms with Crippen LogP contribution in [0.5, 0.6) is 5.75 Å². The molecule has 1 aromatic carbocycles. The Kier molecular flexibility index (Phi) is 1.99. The molecule has 0 amide bonds. The predicted octanol–water partition coefficient (Wildman–Crippen LogP) is 2.74. The molecule has 0 saturated carbocycles. The van der Waals surface area contributed by atoms with E-state index >= 15 is 0 Å². The van der Waals surface area contributed by atoms with Crippen LogP contribution in [0.2, 0.25) is 0 Å². The smallest absolute Gasteiger partial charge is 0.161 e. The van der Waals surface area contributed by atoms with Crippen molar-refractivity contribution in [2.24, 2.45) is 0 Å². The van der Waals surface area contributed by atoms with Crippen molar-refractivity contribution in [1.82, 2.24) is 4.98 Å². The van der Waals surface area contributed by atoms with Gasteiger partial charge in [0.05, 0.1) is 23.4 Å². The second-order valence-electron chi connectivity index (χ2n) is 4.37. The number of hydrogen-bond donors (Lipinski definition) is 1. The quantitative estimate of drug-likeness (QED) is 0.732. The lowest BCUT2D eigenvalue weighted by Crippen LogP contribution is -2.28. The van der Waals surface area contributed by atoms with E-state index in [0.29, 0.717) is 12.6 Å². The second-order valence-corrected chi connectivity index (χ2v) is 4.37. The molecule has 1 aliphatic heterocycles. The second kappa shape index (κ2) is 3.37. The molecule has 1 N–H and O–H groups in total. The molecular formula is C13H14N2O. The average Bonchev–Trinajstić information content (AvgIpc) is 2.29. The zero-order valence-corrected chi connectivity index (χ0v) is 9.45. The SMILES string of the molecule is Cc1ccc2ncc3c(c2c1)NC(C)CO3. The van der Waals surface area contributed by atoms with E-state index in [9.17, 15) is 0 Å². The highest BCUT2D eigenvalue weighted by Crippen LogP contribution is 2.35. The maximum absolute atomic E-state index is 5.66. The van der Waals surface area contributed by atoms with Crippen LogP contribution in [0, 0.1) is 6.92 Å². The van der Waals surface area contributed by atoms with E-state index in [4.69, 9.17) is 4.74 Å². The first-order valence-electron chi connectivity index (χ1n) is 5.53. The standard InChI is InChI=1S/C13H14N2O/c1-8-3-4-11-10(5-8)13-12(6-14-11)16-7-9(2)15-13/h3-6,9,15H,7H2,1-2H3. The summed E-state index contributed by atoms with van der Waals surface area (Å²) in [4.78, 5) is 4.40. The van der Waals surface area contributed by atoms with Crippen molar-refractivity contribution < 1.29 is 4.74 Å². The predicted molar refractivity (Wildman–Crippen MR) is 65.1 cm³/mol. The lowest BCUT2D eigenvalue weighted by atomic mass is 10.1. The van der Waals surface area contributed by atoms with Gasteiger partial charge in [-0.2, -0.15) is 0 Å². The van der Waals surface area contributed by atoms with Crippen LogP contribution in [-0.4, -0.2) is 17.6 Å². The summed E-state index contributed by atoms with van der Waals surface area (Å²) >= 11 is 0. The highest BCUT2D eigenvalue weighted by molar-refractivity contribution is 5.95. The number of nitrogens with zero attached hydrogens (tertiary/aromatic N) is 1. The van der Waals surface area contributed by atoms with E-state index < -0.39 is 0 Å². The van der Waals surface area contributed by atoms with Crippen molar-refractivity contribution in [3.05, 3.63) is 30.0 Å². The summed E-state index contributed by atoms with van der Waals surface area (Å²) in [6, 6.07) is 6.62. The number of aromatic nitrogens is 1. The summed E-state index contributed by atoms with van der Waals surface area (Å²) in [5, 5.41) is 4.61. The summed E-state index contributed by atoms with van der Waals surface area (Å²) in [6.07, 6.45) is 1.80. The average molecular weight is 214 g/mol. The van der Waals surface area contributed by atoms with Gasteiger partial charge in [-0.25, -0.2) is 0 Å². The zero-order valence-electron chi connectivity index (χ0n) is 9.45. The van der Waals surface area contributed by atoms with Crippen molar-refractivity contribution in [3.8, 4) is 5.75 Å². The first-order chi connectivity index (χ1) is 7.74. The normalized spacial score (nSPS) is 18.8. The highest BCUT2D eigenvalue weighted by Gasteiger charge is 2.18. The highest BCUT2D eigenvalue weighted by atomic mass is 16.5. The maximum atomic E-state index is 5.66. The Hall–Kier alpha value is -1.77. The van der Waals surface area contributed by atoms with Gasteiger partial charge < -0.3 is 10.1 Å². The number of hydrogen-bond acceptors (Lipinski definition) is 3. The fraction of sp³-hybridized carbons (Fsp3) is 0.308. The van der Waals surface area contributed by atoms with E-state index in [1.807, 2.05) is 6.07 Å². The fourth-order valence-electron chi connectivity index (χ4n) is 2.05. The van der Waals surface area contributed by atoms with Crippen LogP contribution in [0.3, 0.4) is 0 Å². The van der Waals surface area contributed by atoms with Crippen molar-refractivity contribution in [2.45, 2.75) is 19.9 Å². The minimum Gasteiger partial charge on any atom is -0.488 e. The molecule has 3 rings (SSSR count). The van der Waals surface area contributed by atoms with Crippen LogP contribution in [0.4, 0.5) is 5.69 Å². The van der Waals surface area contributed by atoms with E-state index in [1.54, 1.807) is 6.20 Å². The number of fused-ring (bicyclic) bond motifs is 3. The molecule has 1 unspecified atom stereocenters. The first kappa shape index (κ1) is 9.46. The summed E-state index contributed by atoms with van der Waals surface area (Å²) in [7, 11) is 0. The van der Waals surface area contributed by atoms with Crippen LogP contribution in [0.1, 0.15) is 12.5 Å². The number of pyridine rings is 1. The van der Waals surface area contributed by atoms with Gasteiger partial charge in [0, 0.05) is 5.39 Å². The van der Waals surface area contributed by atoms with Crippen molar-refractivity contribution in [2.75, 3.05) is 11.9 Å². The van der Waals surface area contributed by atoms with Crippen LogP contribution in [0.25, 0.3) is 10.9 Å². The third kappa shape index (κ3) is 1.40. The Morgan fingerprint density at radius 1 is 1.44 bits per heavy atom. The Morgan fingerprint density at radius 3 is 3.19 bits per heavy atom. The van der Waals surface area contributed by atoms with Gasteiger partial charge in [-0.15, -0.1) is 0 Å². The molecule has 1 aromatic heterocycles. The maximum Gasteiger partial charge on any atom is 0.161 e. The monoisotopic (exact) mass is 214 g/mol. The van der Waals surface area contributed by atoms with Gasteiger partial charge in [-0.05, 0) is 26.0 Å². The third-order valence-electron chi connectivity index (χ3n) is 2.87. The molecule has 0 fully saturated rings. The summed E-state index contributed by atoms with van der Waals surface area (Å²) in [6.45, 7) is 4.91. The lowest BCUT2D eigenvalue weighted by Gasteiger charge is -2.25. The Bertz CT molecular complexity index is 551. The van der Waals surface area contributed by atoms with E-state index in [0.717, 1.165) is 22.3 Å². The Labute approximate surface area is 94.5 Å². The minimum atomic E-state index is 0.346. The van der Waals surface area contributed by atoms with E-state index in [1.165, 1.54) is 5.56 Å². The largest absolute Gasteiger partial charge is 0.488 e. The molecule has 0 radical (unpaired) electrons. The molecule has 1 atom stereocenters. The van der Waals surface area contributed by atoms with Crippen LogP contribution < -0.4 is 10.1 Å². The van der Waals surface area contributed by atoms with Crippen LogP contribution >= 0.6 is 0 Å². The molecule has 2 aromatic rings. The van der Waals surface area contributed by atoms with Crippen molar-refractivity contribution >= 4 is 16.6 Å². The summed E-state index contributed by atoms with van der Waals surface area (Å²) in [5.41, 5.74) is 3.32. The van der Waals surface area contributed by atoms with Crippen molar-refractivity contribution in [3.63, 3.8) is 0 Å². The molecule has 16 heavy (non-hydrogen) atoms. The topological polar surface area (TPSA) is 34.2 Å². The molecule has 3 heteroatoms. The molecular weight excluding hydrogens is 200 g/mol. The number of ether oxygens (including phenoxy) is 1. The Balaban J connectivity index is 2.28.